The third kappa shape index (κ3) is 8.34. The van der Waals surface area contributed by atoms with Crippen LogP contribution in [0.5, 0.6) is 0 Å². The molecule has 12 heteroatoms. The molecule has 0 bridgehead atoms. The van der Waals surface area contributed by atoms with E-state index in [9.17, 15) is 17.8 Å². The number of nitrogen functional groups attached to an aromatic ring is 1. The number of rotatable bonds is 10. The van der Waals surface area contributed by atoms with Crippen molar-refractivity contribution in [3.63, 3.8) is 0 Å². The second-order valence-electron chi connectivity index (χ2n) is 10.5. The Morgan fingerprint density at radius 2 is 1.76 bits per heavy atom. The lowest BCUT2D eigenvalue weighted by Crippen LogP contribution is -2.25. The molecular weight excluding hydrogens is 613 g/mol. The Bertz CT molecular complexity index is 1910. The van der Waals surface area contributed by atoms with Crippen molar-refractivity contribution in [3.05, 3.63) is 104 Å². The standard InChI is InChI=1S/C28H30N2O5S2.C5H8N2O/c1-4-9-26-29-25(21-10-7-6-8-11-21)16-27(31)30(26)17-20-12-13-23(22(15-20)18-35-5-2)24-14-19(3)36-28(24)37(32,33)34;1-3-4(2)8-7-5(3)6/h6-8,10-16H,4-5,9,17-18H2,1-3H3,(H,32,33,34);1-2H3,(H2,6,7). The number of ether oxygens (including phenoxy) is 1. The predicted octanol–water partition coefficient (Wildman–Crippen LogP) is 6.60. The second kappa shape index (κ2) is 14.8. The zero-order valence-corrected chi connectivity index (χ0v) is 27.7. The summed E-state index contributed by atoms with van der Waals surface area (Å²) < 4.78 is 45.8. The summed E-state index contributed by atoms with van der Waals surface area (Å²) in [6, 6.07) is 18.6. The summed E-state index contributed by atoms with van der Waals surface area (Å²) >= 11 is 1.03. The molecule has 5 rings (SSSR count). The van der Waals surface area contributed by atoms with Crippen LogP contribution in [0.4, 0.5) is 5.82 Å². The number of hydrogen-bond donors (Lipinski definition) is 2. The minimum Gasteiger partial charge on any atom is -0.381 e. The molecule has 0 amide bonds. The van der Waals surface area contributed by atoms with Gasteiger partial charge in [-0.1, -0.05) is 60.6 Å². The van der Waals surface area contributed by atoms with E-state index >= 15 is 0 Å². The highest BCUT2D eigenvalue weighted by molar-refractivity contribution is 7.88. The third-order valence-electron chi connectivity index (χ3n) is 7.14. The van der Waals surface area contributed by atoms with E-state index in [-0.39, 0.29) is 16.4 Å². The van der Waals surface area contributed by atoms with E-state index in [1.807, 2.05) is 69.3 Å². The van der Waals surface area contributed by atoms with Gasteiger partial charge in [-0.15, -0.1) is 11.3 Å². The predicted molar refractivity (Wildman–Crippen MR) is 177 cm³/mol. The molecule has 0 radical (unpaired) electrons. The van der Waals surface area contributed by atoms with Gasteiger partial charge in [0.25, 0.3) is 5.56 Å². The number of nitrogens with zero attached hydrogens (tertiary/aromatic N) is 3. The summed E-state index contributed by atoms with van der Waals surface area (Å²) in [5.41, 5.74) is 10.5. The molecule has 0 aliphatic carbocycles. The fourth-order valence-electron chi connectivity index (χ4n) is 4.72. The van der Waals surface area contributed by atoms with Gasteiger partial charge in [-0.05, 0) is 56.9 Å². The Labute approximate surface area is 267 Å². The maximum absolute atomic E-state index is 13.2. The Hall–Kier alpha value is -4.10. The quantitative estimate of drug-likeness (QED) is 0.159. The molecule has 0 atom stereocenters. The van der Waals surface area contributed by atoms with Crippen LogP contribution in [0.3, 0.4) is 0 Å². The molecule has 0 saturated heterocycles. The van der Waals surface area contributed by atoms with Gasteiger partial charge in [0.2, 0.25) is 0 Å². The number of thiophene rings is 1. The summed E-state index contributed by atoms with van der Waals surface area (Å²) in [6.07, 6.45) is 1.50. The number of hydrogen-bond acceptors (Lipinski definition) is 9. The summed E-state index contributed by atoms with van der Waals surface area (Å²) in [7, 11) is -4.38. The number of anilines is 1. The molecule has 0 aliphatic rings. The Balaban J connectivity index is 0.000000501. The van der Waals surface area contributed by atoms with Gasteiger partial charge in [-0.2, -0.15) is 8.42 Å². The minimum atomic E-state index is -4.38. The number of aryl methyl sites for hydroxylation is 3. The first-order chi connectivity index (χ1) is 21.4. The molecule has 5 aromatic rings. The SMILES string of the molecule is CCCc1nc(-c2ccccc2)cc(=O)n1Cc1ccc(-c2cc(C)sc2S(=O)(=O)O)c(COCC)c1.Cc1onc(N)c1C. The molecular formula is C33H38N4O6S2. The molecule has 238 valence electrons. The van der Waals surface area contributed by atoms with Gasteiger partial charge in [0.05, 0.1) is 18.8 Å². The van der Waals surface area contributed by atoms with E-state index in [2.05, 4.69) is 12.1 Å². The highest BCUT2D eigenvalue weighted by Crippen LogP contribution is 2.37. The lowest BCUT2D eigenvalue weighted by Gasteiger charge is -2.16. The van der Waals surface area contributed by atoms with E-state index in [1.54, 1.807) is 23.6 Å². The van der Waals surface area contributed by atoms with Gasteiger partial charge in [0, 0.05) is 40.7 Å². The average Bonchev–Trinajstić information content (AvgIpc) is 3.55. The topological polar surface area (TPSA) is 151 Å². The molecule has 0 spiro atoms. The smallest absolute Gasteiger partial charge is 0.304 e. The van der Waals surface area contributed by atoms with E-state index in [0.717, 1.165) is 50.6 Å². The van der Waals surface area contributed by atoms with Crippen LogP contribution in [0.25, 0.3) is 22.4 Å². The van der Waals surface area contributed by atoms with Crippen LogP contribution in [0.1, 0.15) is 53.4 Å². The molecule has 0 saturated carbocycles. The zero-order valence-electron chi connectivity index (χ0n) is 26.0. The van der Waals surface area contributed by atoms with Crippen molar-refractivity contribution in [3.8, 4) is 22.4 Å². The van der Waals surface area contributed by atoms with Crippen molar-refractivity contribution in [2.45, 2.75) is 64.8 Å². The number of aromatic nitrogens is 3. The molecule has 2 aromatic carbocycles. The van der Waals surface area contributed by atoms with Gasteiger partial charge in [-0.3, -0.25) is 13.9 Å². The summed E-state index contributed by atoms with van der Waals surface area (Å²) in [4.78, 5) is 18.8. The molecule has 10 nitrogen and oxygen atoms in total. The molecule has 0 unspecified atom stereocenters. The lowest BCUT2D eigenvalue weighted by atomic mass is 9.99. The van der Waals surface area contributed by atoms with Gasteiger partial charge >= 0.3 is 10.1 Å². The summed E-state index contributed by atoms with van der Waals surface area (Å²) in [6.45, 7) is 10.5. The monoisotopic (exact) mass is 650 g/mol. The molecule has 3 aromatic heterocycles. The molecule has 0 fully saturated rings. The fourth-order valence-corrected chi connectivity index (χ4v) is 6.73. The Kier molecular flexibility index (Phi) is 11.1. The van der Waals surface area contributed by atoms with Crippen molar-refractivity contribution >= 4 is 27.3 Å². The van der Waals surface area contributed by atoms with E-state index < -0.39 is 10.1 Å². The van der Waals surface area contributed by atoms with E-state index in [4.69, 9.17) is 20.0 Å². The van der Waals surface area contributed by atoms with Crippen molar-refractivity contribution in [1.82, 2.24) is 14.7 Å². The van der Waals surface area contributed by atoms with Gasteiger partial charge in [-0.25, -0.2) is 4.98 Å². The van der Waals surface area contributed by atoms with Crippen molar-refractivity contribution in [2.24, 2.45) is 0 Å². The van der Waals surface area contributed by atoms with Crippen LogP contribution in [-0.2, 0) is 34.4 Å². The van der Waals surface area contributed by atoms with Crippen LogP contribution < -0.4 is 11.3 Å². The Morgan fingerprint density at radius 1 is 1.02 bits per heavy atom. The van der Waals surface area contributed by atoms with Crippen LogP contribution in [0, 0.1) is 20.8 Å². The van der Waals surface area contributed by atoms with Crippen molar-refractivity contribution in [1.29, 1.82) is 0 Å². The van der Waals surface area contributed by atoms with Gasteiger partial charge in [0.1, 0.15) is 11.6 Å². The molecule has 3 N–H and O–H groups in total. The van der Waals surface area contributed by atoms with Crippen LogP contribution in [0.2, 0.25) is 0 Å². The van der Waals surface area contributed by atoms with E-state index in [0.29, 0.717) is 48.0 Å². The Morgan fingerprint density at radius 3 is 2.33 bits per heavy atom. The average molecular weight is 651 g/mol. The summed E-state index contributed by atoms with van der Waals surface area (Å²) in [5.74, 6) is 2.00. The number of nitrogens with two attached hydrogens (primary N) is 1. The van der Waals surface area contributed by atoms with Crippen molar-refractivity contribution < 1.29 is 22.2 Å². The molecule has 0 aliphatic heterocycles. The van der Waals surface area contributed by atoms with Gasteiger partial charge < -0.3 is 15.0 Å². The van der Waals surface area contributed by atoms with Gasteiger partial charge in [0.15, 0.2) is 10.0 Å². The van der Waals surface area contributed by atoms with Crippen LogP contribution in [-0.4, -0.2) is 34.3 Å². The normalized spacial score (nSPS) is 11.3. The molecule has 3 heterocycles. The second-order valence-corrected chi connectivity index (χ2v) is 13.4. The fraction of sp³-hybridized carbons (Fsp3) is 0.303. The summed E-state index contributed by atoms with van der Waals surface area (Å²) in [5, 5.41) is 3.52. The first kappa shape index (κ1) is 33.8. The maximum Gasteiger partial charge on any atom is 0.304 e. The third-order valence-corrected chi connectivity index (χ3v) is 9.56. The van der Waals surface area contributed by atoms with Crippen LogP contribution in [0.15, 0.2) is 74.2 Å². The van der Waals surface area contributed by atoms with Crippen LogP contribution >= 0.6 is 11.3 Å². The van der Waals surface area contributed by atoms with Crippen molar-refractivity contribution in [2.75, 3.05) is 12.3 Å². The largest absolute Gasteiger partial charge is 0.381 e. The highest BCUT2D eigenvalue weighted by Gasteiger charge is 2.22. The first-order valence-corrected chi connectivity index (χ1v) is 16.8. The zero-order chi connectivity index (χ0) is 32.7. The first-order valence-electron chi connectivity index (χ1n) is 14.5. The molecule has 45 heavy (non-hydrogen) atoms. The minimum absolute atomic E-state index is 0.0855. The van der Waals surface area contributed by atoms with E-state index in [1.165, 1.54) is 0 Å². The lowest BCUT2D eigenvalue weighted by molar-refractivity contribution is 0.134. The number of benzene rings is 2. The maximum atomic E-state index is 13.2. The highest BCUT2D eigenvalue weighted by atomic mass is 32.3.